The van der Waals surface area contributed by atoms with Gasteiger partial charge in [-0.15, -0.1) is 0 Å². The van der Waals surface area contributed by atoms with Crippen molar-refractivity contribution in [3.63, 3.8) is 0 Å². The maximum atomic E-state index is 11.4. The number of nitrogens with zero attached hydrogens (tertiary/aromatic N) is 2. The number of aromatic amines is 2. The van der Waals surface area contributed by atoms with Gasteiger partial charge in [-0.3, -0.25) is 9.78 Å². The van der Waals surface area contributed by atoms with Gasteiger partial charge in [0, 0.05) is 6.54 Å². The predicted molar refractivity (Wildman–Crippen MR) is 53.3 cm³/mol. The first kappa shape index (κ1) is 8.74. The number of hydrogen-bond donors (Lipinski definition) is 3. The molecule has 0 fully saturated rings. The van der Waals surface area contributed by atoms with Crippen molar-refractivity contribution < 1.29 is 0 Å². The van der Waals surface area contributed by atoms with Crippen molar-refractivity contribution in [2.45, 2.75) is 13.3 Å². The minimum Gasteiger partial charge on any atom is -0.356 e. The van der Waals surface area contributed by atoms with Gasteiger partial charge in [0.05, 0.1) is 6.33 Å². The number of fused-ring (bicyclic) bond motifs is 1. The first-order chi connectivity index (χ1) is 6.81. The van der Waals surface area contributed by atoms with Crippen molar-refractivity contribution in [1.82, 2.24) is 19.9 Å². The van der Waals surface area contributed by atoms with Crippen molar-refractivity contribution in [3.05, 3.63) is 16.7 Å². The highest BCUT2D eigenvalue weighted by Gasteiger charge is 2.04. The summed E-state index contributed by atoms with van der Waals surface area (Å²) >= 11 is 0. The molecule has 6 nitrogen and oxygen atoms in total. The van der Waals surface area contributed by atoms with Crippen LogP contribution in [-0.4, -0.2) is 26.5 Å². The zero-order valence-electron chi connectivity index (χ0n) is 7.79. The molecule has 0 aliphatic heterocycles. The van der Waals surface area contributed by atoms with Crippen LogP contribution in [0.5, 0.6) is 0 Å². The zero-order valence-corrected chi connectivity index (χ0v) is 7.79. The van der Waals surface area contributed by atoms with Gasteiger partial charge < -0.3 is 10.3 Å². The molecular weight excluding hydrogens is 182 g/mol. The number of rotatable bonds is 3. The quantitative estimate of drug-likeness (QED) is 0.661. The second-order valence-electron chi connectivity index (χ2n) is 2.94. The normalized spacial score (nSPS) is 10.6. The van der Waals surface area contributed by atoms with Crippen molar-refractivity contribution in [1.29, 1.82) is 0 Å². The molecule has 2 heterocycles. The van der Waals surface area contributed by atoms with E-state index in [4.69, 9.17) is 0 Å². The summed E-state index contributed by atoms with van der Waals surface area (Å²) in [5.41, 5.74) is 0.644. The van der Waals surface area contributed by atoms with E-state index in [0.29, 0.717) is 17.1 Å². The maximum absolute atomic E-state index is 11.4. The van der Waals surface area contributed by atoms with E-state index < -0.39 is 0 Å². The third kappa shape index (κ3) is 1.46. The van der Waals surface area contributed by atoms with Gasteiger partial charge >= 0.3 is 0 Å². The molecule has 0 atom stereocenters. The first-order valence-corrected chi connectivity index (χ1v) is 4.48. The fraction of sp³-hybridized carbons (Fsp3) is 0.375. The Morgan fingerprint density at radius 3 is 3.21 bits per heavy atom. The molecule has 0 bridgehead atoms. The Labute approximate surface area is 79.8 Å². The topological polar surface area (TPSA) is 86.5 Å². The largest absolute Gasteiger partial charge is 0.356 e. The lowest BCUT2D eigenvalue weighted by molar-refractivity contribution is 0.952. The van der Waals surface area contributed by atoms with Crippen molar-refractivity contribution >= 4 is 17.1 Å². The van der Waals surface area contributed by atoms with Crippen LogP contribution < -0.4 is 10.9 Å². The van der Waals surface area contributed by atoms with Crippen molar-refractivity contribution in [3.8, 4) is 0 Å². The van der Waals surface area contributed by atoms with Gasteiger partial charge in [-0.05, 0) is 6.42 Å². The average molecular weight is 193 g/mol. The molecule has 3 N–H and O–H groups in total. The molecule has 0 aliphatic rings. The van der Waals surface area contributed by atoms with Crippen LogP contribution in [0.4, 0.5) is 5.95 Å². The van der Waals surface area contributed by atoms with Crippen molar-refractivity contribution in [2.24, 2.45) is 0 Å². The molecule has 0 saturated heterocycles. The van der Waals surface area contributed by atoms with E-state index in [-0.39, 0.29) is 5.56 Å². The van der Waals surface area contributed by atoms with Crippen LogP contribution in [-0.2, 0) is 0 Å². The molecule has 0 aromatic carbocycles. The van der Waals surface area contributed by atoms with Crippen LogP contribution in [0.25, 0.3) is 11.2 Å². The molecule has 0 saturated carbocycles. The molecule has 2 aromatic heterocycles. The summed E-state index contributed by atoms with van der Waals surface area (Å²) in [4.78, 5) is 24.8. The van der Waals surface area contributed by atoms with Crippen molar-refractivity contribution in [2.75, 3.05) is 11.9 Å². The van der Waals surface area contributed by atoms with Gasteiger partial charge in [-0.2, -0.15) is 4.98 Å². The Kier molecular flexibility index (Phi) is 2.18. The number of hydrogen-bond acceptors (Lipinski definition) is 4. The molecule has 6 heteroatoms. The van der Waals surface area contributed by atoms with Crippen LogP contribution in [0.2, 0.25) is 0 Å². The molecule has 2 aromatic rings. The molecule has 74 valence electrons. The molecule has 0 radical (unpaired) electrons. The Morgan fingerprint density at radius 2 is 2.43 bits per heavy atom. The lowest BCUT2D eigenvalue weighted by Gasteiger charge is -2.01. The fourth-order valence-electron chi connectivity index (χ4n) is 1.17. The molecule has 14 heavy (non-hydrogen) atoms. The van der Waals surface area contributed by atoms with Crippen LogP contribution >= 0.6 is 0 Å². The number of anilines is 1. The Bertz CT molecular complexity index is 486. The van der Waals surface area contributed by atoms with Crippen LogP contribution in [0.3, 0.4) is 0 Å². The van der Waals surface area contributed by atoms with Gasteiger partial charge in [-0.25, -0.2) is 4.98 Å². The Morgan fingerprint density at radius 1 is 1.57 bits per heavy atom. The van der Waals surface area contributed by atoms with Gasteiger partial charge in [0.25, 0.3) is 5.56 Å². The third-order valence-corrected chi connectivity index (χ3v) is 1.84. The van der Waals surface area contributed by atoms with Gasteiger partial charge in [-0.1, -0.05) is 6.92 Å². The van der Waals surface area contributed by atoms with E-state index in [1.807, 2.05) is 6.92 Å². The summed E-state index contributed by atoms with van der Waals surface area (Å²) in [7, 11) is 0. The highest BCUT2D eigenvalue weighted by Crippen LogP contribution is 2.02. The van der Waals surface area contributed by atoms with Gasteiger partial charge in [0.1, 0.15) is 0 Å². The third-order valence-electron chi connectivity index (χ3n) is 1.84. The average Bonchev–Trinajstić information content (AvgIpc) is 2.63. The van der Waals surface area contributed by atoms with Gasteiger partial charge in [0.2, 0.25) is 5.95 Å². The van der Waals surface area contributed by atoms with E-state index in [2.05, 4.69) is 25.3 Å². The van der Waals surface area contributed by atoms with E-state index in [0.717, 1.165) is 13.0 Å². The second kappa shape index (κ2) is 3.49. The molecule has 0 unspecified atom stereocenters. The lowest BCUT2D eigenvalue weighted by atomic mass is 10.5. The van der Waals surface area contributed by atoms with E-state index >= 15 is 0 Å². The lowest BCUT2D eigenvalue weighted by Crippen LogP contribution is -2.13. The van der Waals surface area contributed by atoms with E-state index in [1.165, 1.54) is 6.33 Å². The first-order valence-electron chi connectivity index (χ1n) is 4.48. The summed E-state index contributed by atoms with van der Waals surface area (Å²) in [5, 5.41) is 3.00. The smallest absolute Gasteiger partial charge is 0.278 e. The van der Waals surface area contributed by atoms with E-state index in [1.54, 1.807) is 0 Å². The summed E-state index contributed by atoms with van der Waals surface area (Å²) in [6.07, 6.45) is 2.43. The molecule has 2 rings (SSSR count). The predicted octanol–water partition coefficient (Wildman–Crippen LogP) is 0.468. The molecule has 0 spiro atoms. The van der Waals surface area contributed by atoms with Gasteiger partial charge in [0.15, 0.2) is 11.2 Å². The maximum Gasteiger partial charge on any atom is 0.278 e. The minimum absolute atomic E-state index is 0.203. The highest BCUT2D eigenvalue weighted by atomic mass is 16.1. The molecule has 0 aliphatic carbocycles. The standard InChI is InChI=1S/C8H11N5O/c1-2-3-9-8-12-6-5(7(14)13-8)10-4-11-6/h4H,2-3H2,1H3,(H3,9,10,11,12,13,14). The van der Waals surface area contributed by atoms with E-state index in [9.17, 15) is 4.79 Å². The number of H-pyrrole nitrogens is 2. The number of imidazole rings is 1. The summed E-state index contributed by atoms with van der Waals surface area (Å²) < 4.78 is 0. The highest BCUT2D eigenvalue weighted by molar-refractivity contribution is 5.69. The van der Waals surface area contributed by atoms with Crippen LogP contribution in [0.1, 0.15) is 13.3 Å². The van der Waals surface area contributed by atoms with Crippen LogP contribution in [0.15, 0.2) is 11.1 Å². The minimum atomic E-state index is -0.203. The monoisotopic (exact) mass is 193 g/mol. The summed E-state index contributed by atoms with van der Waals surface area (Å²) in [5.74, 6) is 0.469. The number of nitrogens with one attached hydrogen (secondary N) is 3. The number of aromatic nitrogens is 4. The zero-order chi connectivity index (χ0) is 9.97. The Hall–Kier alpha value is -1.85. The summed E-state index contributed by atoms with van der Waals surface area (Å²) in [6.45, 7) is 2.82. The molecular formula is C8H11N5O. The fourth-order valence-corrected chi connectivity index (χ4v) is 1.17. The SMILES string of the molecule is CCCNc1nc2nc[nH]c2c(=O)[nH]1. The van der Waals surface area contributed by atoms with Crippen LogP contribution in [0, 0.1) is 0 Å². The molecule has 0 amide bonds. The second-order valence-corrected chi connectivity index (χ2v) is 2.94. The summed E-state index contributed by atoms with van der Waals surface area (Å²) in [6, 6.07) is 0. The Balaban J connectivity index is 2.43.